The number of carbonyl (C=O) groups excluding carboxylic acids is 2. The lowest BCUT2D eigenvalue weighted by molar-refractivity contribution is -0.161. The van der Waals surface area contributed by atoms with Crippen molar-refractivity contribution >= 4 is 23.3 Å². The van der Waals surface area contributed by atoms with Crippen molar-refractivity contribution in [3.63, 3.8) is 0 Å². The van der Waals surface area contributed by atoms with Crippen LogP contribution in [-0.2, 0) is 9.53 Å². The van der Waals surface area contributed by atoms with E-state index in [1.807, 2.05) is 16.3 Å². The summed E-state index contributed by atoms with van der Waals surface area (Å²) in [5, 5.41) is 2.81. The third-order valence-corrected chi connectivity index (χ3v) is 9.26. The van der Waals surface area contributed by atoms with Crippen molar-refractivity contribution in [2.75, 3.05) is 6.54 Å². The van der Waals surface area contributed by atoms with E-state index in [-0.39, 0.29) is 47.0 Å². The molecule has 7 rings (SSSR count). The highest BCUT2D eigenvalue weighted by Gasteiger charge is 2.59. The number of nitrogens with zero attached hydrogens (tertiary/aromatic N) is 2. The predicted octanol–water partition coefficient (Wildman–Crippen LogP) is 3.45. The summed E-state index contributed by atoms with van der Waals surface area (Å²) in [6.07, 6.45) is 7.45. The van der Waals surface area contributed by atoms with Crippen LogP contribution in [0.4, 0.5) is 4.79 Å². The van der Waals surface area contributed by atoms with Gasteiger partial charge in [-0.05, 0) is 68.8 Å². The molecule has 5 unspecified atom stereocenters. The van der Waals surface area contributed by atoms with Crippen LogP contribution < -0.4 is 11.3 Å². The van der Waals surface area contributed by atoms with E-state index in [9.17, 15) is 14.4 Å². The second-order valence-corrected chi connectivity index (χ2v) is 11.2. The lowest BCUT2D eigenvalue weighted by atomic mass is 9.48. The van der Waals surface area contributed by atoms with Gasteiger partial charge >= 0.3 is 6.09 Å². The first-order valence-electron chi connectivity index (χ1n) is 11.8. The molecule has 2 amide bonds. The van der Waals surface area contributed by atoms with Gasteiger partial charge in [-0.25, -0.2) is 9.78 Å². The van der Waals surface area contributed by atoms with Gasteiger partial charge in [0.1, 0.15) is 11.1 Å². The number of aromatic nitrogens is 2. The van der Waals surface area contributed by atoms with Crippen LogP contribution in [0.5, 0.6) is 0 Å². The van der Waals surface area contributed by atoms with E-state index >= 15 is 0 Å². The van der Waals surface area contributed by atoms with Crippen LogP contribution in [0.15, 0.2) is 28.5 Å². The highest BCUT2D eigenvalue weighted by Crippen LogP contribution is 2.60. The maximum atomic E-state index is 13.3. The van der Waals surface area contributed by atoms with Crippen molar-refractivity contribution in [1.29, 1.82) is 0 Å². The Morgan fingerprint density at radius 1 is 1.24 bits per heavy atom. The van der Waals surface area contributed by atoms with E-state index < -0.39 is 0 Å². The Labute approximate surface area is 195 Å². The number of ether oxygens (including phenoxy) is 1. The summed E-state index contributed by atoms with van der Waals surface area (Å²) in [6, 6.07) is 3.25. The molecule has 174 valence electrons. The van der Waals surface area contributed by atoms with Crippen LogP contribution in [0.1, 0.15) is 56.0 Å². The van der Waals surface area contributed by atoms with E-state index in [2.05, 4.69) is 4.98 Å². The second-order valence-electron chi connectivity index (χ2n) is 10.3. The number of hydrogen-bond acceptors (Lipinski definition) is 6. The monoisotopic (exact) mass is 468 g/mol. The van der Waals surface area contributed by atoms with Crippen LogP contribution in [0.3, 0.4) is 0 Å². The van der Waals surface area contributed by atoms with Gasteiger partial charge in [0, 0.05) is 29.8 Å². The topological polar surface area (TPSA) is 118 Å². The van der Waals surface area contributed by atoms with E-state index in [0.29, 0.717) is 12.5 Å². The van der Waals surface area contributed by atoms with Crippen molar-refractivity contribution in [3.05, 3.63) is 39.1 Å². The summed E-state index contributed by atoms with van der Waals surface area (Å²) >= 11 is 1.52. The largest absolute Gasteiger partial charge is 0.445 e. The molecule has 0 radical (unpaired) electrons. The van der Waals surface area contributed by atoms with Gasteiger partial charge in [0.2, 0.25) is 11.5 Å². The molecule has 1 saturated heterocycles. The Balaban J connectivity index is 1.18. The summed E-state index contributed by atoms with van der Waals surface area (Å²) in [7, 11) is 0. The molecule has 3 N–H and O–H groups in total. The number of H-pyrrole nitrogens is 1. The molecule has 4 bridgehead atoms. The molecule has 0 aromatic carbocycles. The first kappa shape index (κ1) is 20.9. The van der Waals surface area contributed by atoms with Crippen molar-refractivity contribution in [3.8, 4) is 11.3 Å². The molecule has 5 aliphatic rings. The van der Waals surface area contributed by atoms with Crippen LogP contribution in [0, 0.1) is 23.2 Å². The number of hydrogen-bond donors (Lipinski definition) is 2. The number of carbonyl (C=O) groups is 2. The van der Waals surface area contributed by atoms with E-state index in [0.717, 1.165) is 61.2 Å². The maximum absolute atomic E-state index is 13.3. The Bertz CT molecular complexity index is 1140. The fraction of sp³-hybridized carbons (Fsp3) is 0.583. The van der Waals surface area contributed by atoms with Crippen LogP contribution in [0.25, 0.3) is 11.3 Å². The lowest BCUT2D eigenvalue weighted by Gasteiger charge is -2.58. The molecule has 6 atom stereocenters. The summed E-state index contributed by atoms with van der Waals surface area (Å²) in [5.74, 6) is 0.822. The zero-order chi connectivity index (χ0) is 22.7. The molecule has 33 heavy (non-hydrogen) atoms. The van der Waals surface area contributed by atoms with Crippen molar-refractivity contribution < 1.29 is 14.3 Å². The average molecular weight is 469 g/mol. The highest BCUT2D eigenvalue weighted by atomic mass is 32.1. The minimum absolute atomic E-state index is 0.105. The molecule has 1 aliphatic heterocycles. The molecule has 2 aromatic heterocycles. The molecular formula is C24H28N4O4S. The first-order valence-corrected chi connectivity index (χ1v) is 12.7. The number of primary amides is 1. The average Bonchev–Trinajstić information content (AvgIpc) is 3.45. The third-order valence-electron chi connectivity index (χ3n) is 8.31. The van der Waals surface area contributed by atoms with Gasteiger partial charge in [-0.1, -0.05) is 0 Å². The van der Waals surface area contributed by atoms with Gasteiger partial charge in [0.15, 0.2) is 0 Å². The van der Waals surface area contributed by atoms with Gasteiger partial charge in [0.25, 0.3) is 0 Å². The Morgan fingerprint density at radius 2 is 2.03 bits per heavy atom. The van der Waals surface area contributed by atoms with E-state index in [4.69, 9.17) is 15.5 Å². The van der Waals surface area contributed by atoms with Crippen LogP contribution in [-0.4, -0.2) is 39.5 Å². The summed E-state index contributed by atoms with van der Waals surface area (Å²) in [6.45, 7) is 0.652. The van der Waals surface area contributed by atoms with E-state index in [1.54, 1.807) is 6.20 Å². The van der Waals surface area contributed by atoms with Gasteiger partial charge in [-0.15, -0.1) is 11.3 Å². The molecular weight excluding hydrogens is 440 g/mol. The fourth-order valence-corrected chi connectivity index (χ4v) is 8.05. The minimum Gasteiger partial charge on any atom is -0.445 e. The van der Waals surface area contributed by atoms with Gasteiger partial charge in [-0.3, -0.25) is 14.5 Å². The smallest absolute Gasteiger partial charge is 0.410 e. The number of likely N-dealkylation sites (tertiary alicyclic amines) is 1. The van der Waals surface area contributed by atoms with E-state index in [1.165, 1.54) is 17.4 Å². The fourth-order valence-electron chi connectivity index (χ4n) is 7.08. The van der Waals surface area contributed by atoms with Crippen molar-refractivity contribution in [2.45, 2.75) is 57.1 Å². The molecule has 9 heteroatoms. The van der Waals surface area contributed by atoms with Crippen LogP contribution >= 0.6 is 11.3 Å². The van der Waals surface area contributed by atoms with Gasteiger partial charge in [-0.2, -0.15) is 0 Å². The summed E-state index contributed by atoms with van der Waals surface area (Å²) in [5.41, 5.74) is 6.76. The Kier molecular flexibility index (Phi) is 4.87. The normalized spacial score (nSPS) is 34.5. The SMILES string of the molecule is NC(=O)C12CC3CC(C1)C(OC(=O)N1CCCC1c1nc(-c4cc[nH]c(=O)c4)cs1)[C@H](C3)C2. The number of amides is 2. The number of rotatable bonds is 4. The van der Waals surface area contributed by atoms with Crippen molar-refractivity contribution in [1.82, 2.24) is 14.9 Å². The molecule has 5 fully saturated rings. The number of aromatic amines is 1. The molecule has 8 nitrogen and oxygen atoms in total. The van der Waals surface area contributed by atoms with Gasteiger partial charge in [0.05, 0.1) is 17.2 Å². The van der Waals surface area contributed by atoms with Crippen LogP contribution in [0.2, 0.25) is 0 Å². The lowest BCUT2D eigenvalue weighted by Crippen LogP contribution is -2.59. The zero-order valence-electron chi connectivity index (χ0n) is 18.4. The molecule has 0 spiro atoms. The van der Waals surface area contributed by atoms with Crippen molar-refractivity contribution in [2.24, 2.45) is 28.9 Å². The number of nitrogens with two attached hydrogens (primary N) is 1. The van der Waals surface area contributed by atoms with Gasteiger partial charge < -0.3 is 15.5 Å². The molecule has 2 aromatic rings. The number of nitrogens with one attached hydrogen (secondary N) is 1. The molecule has 4 aliphatic carbocycles. The maximum Gasteiger partial charge on any atom is 0.410 e. The Hall–Kier alpha value is -2.68. The summed E-state index contributed by atoms with van der Waals surface area (Å²) < 4.78 is 6.16. The minimum atomic E-state index is -0.383. The number of thiazole rings is 1. The highest BCUT2D eigenvalue weighted by molar-refractivity contribution is 7.10. The molecule has 3 heterocycles. The Morgan fingerprint density at radius 3 is 2.76 bits per heavy atom. The second kappa shape index (κ2) is 7.68. The predicted molar refractivity (Wildman–Crippen MR) is 122 cm³/mol. The quantitative estimate of drug-likeness (QED) is 0.712. The standard InChI is InChI=1S/C24H28N4O4S/c25-22(30)24-9-13-6-15(10-24)20(16(7-13)11-24)32-23(31)28-5-1-2-18(28)21-27-17(12-33-21)14-3-4-26-19(29)8-14/h3-4,8,12-13,15-16,18,20H,1-2,5-7,9-11H2,(H2,25,30)(H,26,29)/t13?,15-,16?,18?,20?,24?/m1/s1. The number of pyridine rings is 1. The molecule has 4 saturated carbocycles. The third kappa shape index (κ3) is 3.48. The summed E-state index contributed by atoms with van der Waals surface area (Å²) in [4.78, 5) is 46.3. The zero-order valence-corrected chi connectivity index (χ0v) is 19.2. The first-order chi connectivity index (χ1) is 15.9.